The van der Waals surface area contributed by atoms with Gasteiger partial charge in [0.15, 0.2) is 5.76 Å². The van der Waals surface area contributed by atoms with Crippen molar-refractivity contribution in [1.82, 2.24) is 20.2 Å². The molecule has 0 radical (unpaired) electrons. The second-order valence-electron chi connectivity index (χ2n) is 8.91. The van der Waals surface area contributed by atoms with Crippen LogP contribution in [0.5, 0.6) is 0 Å². The average Bonchev–Trinajstić information content (AvgIpc) is 3.49. The molecule has 2 aromatic rings. The molecule has 1 aromatic heterocycles. The van der Waals surface area contributed by atoms with Gasteiger partial charge in [-0.1, -0.05) is 0 Å². The van der Waals surface area contributed by atoms with Crippen LogP contribution in [0.1, 0.15) is 31.7 Å². The number of anilines is 1. The van der Waals surface area contributed by atoms with Crippen molar-refractivity contribution in [3.63, 3.8) is 0 Å². The number of nitrogens with one attached hydrogen (secondary N) is 1. The molecule has 2 atom stereocenters. The zero-order chi connectivity index (χ0) is 21.4. The van der Waals surface area contributed by atoms with Crippen LogP contribution in [0.25, 0.3) is 11.0 Å². The van der Waals surface area contributed by atoms with Gasteiger partial charge in [0.1, 0.15) is 23.2 Å². The topological polar surface area (TPSA) is 97.5 Å². The first-order valence-corrected chi connectivity index (χ1v) is 11.1. The van der Waals surface area contributed by atoms with Gasteiger partial charge in [0.05, 0.1) is 24.3 Å². The Hall–Kier alpha value is -3.05. The van der Waals surface area contributed by atoms with Gasteiger partial charge in [0.25, 0.3) is 0 Å². The van der Waals surface area contributed by atoms with Gasteiger partial charge in [0.2, 0.25) is 5.88 Å². The quantitative estimate of drug-likeness (QED) is 0.712. The standard InChI is InChI=1S/C23H28N6O2/c1-15-11-29(19-5-4-17(10-24)21-22(19)26-8-7-25-21)14-20(31-15)23(30)27-18-6-9-28(13-18)12-16-2-3-16/h4-5,7-8,15-16,18,27,30H,2-3,6,9,11-14H2,1H3/b23-20-/t15-,18?/m1/s1. The van der Waals surface area contributed by atoms with Crippen LogP contribution < -0.4 is 10.2 Å². The van der Waals surface area contributed by atoms with Gasteiger partial charge in [0, 0.05) is 38.1 Å². The summed E-state index contributed by atoms with van der Waals surface area (Å²) in [5, 5.41) is 23.5. The molecule has 31 heavy (non-hydrogen) atoms. The second-order valence-corrected chi connectivity index (χ2v) is 8.91. The van der Waals surface area contributed by atoms with Crippen molar-refractivity contribution in [3.8, 4) is 6.07 Å². The first kappa shape index (κ1) is 19.9. The third kappa shape index (κ3) is 4.23. The number of ether oxygens (including phenoxy) is 1. The number of hydrogen-bond acceptors (Lipinski definition) is 8. The van der Waals surface area contributed by atoms with Crippen LogP contribution in [0.15, 0.2) is 36.2 Å². The first-order valence-electron chi connectivity index (χ1n) is 11.1. The Labute approximate surface area is 182 Å². The van der Waals surface area contributed by atoms with E-state index < -0.39 is 0 Å². The highest BCUT2D eigenvalue weighted by molar-refractivity contribution is 5.92. The van der Waals surface area contributed by atoms with Crippen molar-refractivity contribution < 1.29 is 9.84 Å². The molecule has 0 spiro atoms. The van der Waals surface area contributed by atoms with Crippen LogP contribution >= 0.6 is 0 Å². The van der Waals surface area contributed by atoms with E-state index >= 15 is 0 Å². The normalized spacial score (nSPS) is 25.9. The largest absolute Gasteiger partial charge is 0.492 e. The average molecular weight is 421 g/mol. The highest BCUT2D eigenvalue weighted by atomic mass is 16.5. The van der Waals surface area contributed by atoms with E-state index in [-0.39, 0.29) is 18.0 Å². The molecule has 162 valence electrons. The molecule has 8 heteroatoms. The van der Waals surface area contributed by atoms with Crippen LogP contribution in [0.3, 0.4) is 0 Å². The van der Waals surface area contributed by atoms with Crippen molar-refractivity contribution in [2.75, 3.05) is 37.6 Å². The molecule has 1 aromatic carbocycles. The summed E-state index contributed by atoms with van der Waals surface area (Å²) in [6.07, 6.45) is 6.90. The molecule has 3 heterocycles. The zero-order valence-electron chi connectivity index (χ0n) is 17.8. The lowest BCUT2D eigenvalue weighted by Gasteiger charge is -2.35. The van der Waals surface area contributed by atoms with E-state index in [4.69, 9.17) is 4.74 Å². The van der Waals surface area contributed by atoms with Crippen LogP contribution in [0.2, 0.25) is 0 Å². The van der Waals surface area contributed by atoms with Crippen LogP contribution in [0, 0.1) is 17.2 Å². The summed E-state index contributed by atoms with van der Waals surface area (Å²) in [5.41, 5.74) is 2.68. The molecule has 1 aliphatic carbocycles. The number of nitriles is 1. The Bertz CT molecular complexity index is 1040. The van der Waals surface area contributed by atoms with Gasteiger partial charge in [-0.2, -0.15) is 5.26 Å². The number of aromatic nitrogens is 2. The minimum Gasteiger partial charge on any atom is -0.492 e. The smallest absolute Gasteiger partial charge is 0.225 e. The molecular formula is C23H28N6O2. The van der Waals surface area contributed by atoms with E-state index in [2.05, 4.69) is 31.2 Å². The molecule has 0 bridgehead atoms. The number of morpholine rings is 1. The Kier molecular flexibility index (Phi) is 5.28. The van der Waals surface area contributed by atoms with Crippen molar-refractivity contribution in [2.45, 2.75) is 38.3 Å². The minimum atomic E-state index is -0.0926. The van der Waals surface area contributed by atoms with Crippen molar-refractivity contribution >= 4 is 16.7 Å². The lowest BCUT2D eigenvalue weighted by molar-refractivity contribution is 0.0951. The predicted molar refractivity (Wildman–Crippen MR) is 117 cm³/mol. The Morgan fingerprint density at radius 1 is 1.23 bits per heavy atom. The molecule has 3 aliphatic rings. The number of nitrogens with zero attached hydrogens (tertiary/aromatic N) is 5. The number of likely N-dealkylation sites (tertiary alicyclic amines) is 1. The fraction of sp³-hybridized carbons (Fsp3) is 0.522. The molecule has 2 saturated heterocycles. The van der Waals surface area contributed by atoms with Crippen molar-refractivity contribution in [2.24, 2.45) is 5.92 Å². The number of hydrogen-bond donors (Lipinski definition) is 2. The van der Waals surface area contributed by atoms with E-state index in [0.29, 0.717) is 35.4 Å². The third-order valence-corrected chi connectivity index (χ3v) is 6.31. The maximum Gasteiger partial charge on any atom is 0.225 e. The van der Waals surface area contributed by atoms with E-state index in [1.165, 1.54) is 19.4 Å². The maximum absolute atomic E-state index is 10.8. The molecular weight excluding hydrogens is 392 g/mol. The highest BCUT2D eigenvalue weighted by Crippen LogP contribution is 2.31. The molecule has 0 amide bonds. The molecule has 3 fully saturated rings. The predicted octanol–water partition coefficient (Wildman–Crippen LogP) is 2.53. The zero-order valence-corrected chi connectivity index (χ0v) is 17.8. The maximum atomic E-state index is 10.8. The van der Waals surface area contributed by atoms with Gasteiger partial charge in [-0.15, -0.1) is 0 Å². The van der Waals surface area contributed by atoms with Crippen LogP contribution in [-0.4, -0.2) is 64.8 Å². The number of benzene rings is 1. The van der Waals surface area contributed by atoms with Crippen molar-refractivity contribution in [1.29, 1.82) is 5.26 Å². The van der Waals surface area contributed by atoms with Gasteiger partial charge in [-0.05, 0) is 44.2 Å². The van der Waals surface area contributed by atoms with E-state index in [0.717, 1.165) is 31.1 Å². The van der Waals surface area contributed by atoms with Gasteiger partial charge in [-0.3, -0.25) is 9.97 Å². The summed E-state index contributed by atoms with van der Waals surface area (Å²) in [7, 11) is 0. The molecule has 5 rings (SSSR count). The van der Waals surface area contributed by atoms with E-state index in [1.807, 2.05) is 13.0 Å². The number of aliphatic hydroxyl groups is 1. The Morgan fingerprint density at radius 3 is 2.81 bits per heavy atom. The van der Waals surface area contributed by atoms with Crippen LogP contribution in [-0.2, 0) is 4.74 Å². The fourth-order valence-corrected chi connectivity index (χ4v) is 4.62. The highest BCUT2D eigenvalue weighted by Gasteiger charge is 2.31. The van der Waals surface area contributed by atoms with E-state index in [9.17, 15) is 10.4 Å². The van der Waals surface area contributed by atoms with Gasteiger partial charge in [-0.25, -0.2) is 0 Å². The second kappa shape index (κ2) is 8.23. The Balaban J connectivity index is 1.34. The molecule has 2 N–H and O–H groups in total. The lowest BCUT2D eigenvalue weighted by atomic mass is 10.1. The summed E-state index contributed by atoms with van der Waals surface area (Å²) in [4.78, 5) is 13.5. The summed E-state index contributed by atoms with van der Waals surface area (Å²) in [6, 6.07) is 6.11. The SMILES string of the molecule is C[C@@H]1CN(c2ccc(C#N)c3nccnc23)C/C(=C(/O)NC2CCN(CC3CC3)C2)O1. The van der Waals surface area contributed by atoms with E-state index in [1.54, 1.807) is 18.5 Å². The first-order chi connectivity index (χ1) is 15.1. The van der Waals surface area contributed by atoms with Gasteiger partial charge >= 0.3 is 0 Å². The third-order valence-electron chi connectivity index (χ3n) is 6.31. The number of fused-ring (bicyclic) bond motifs is 1. The van der Waals surface area contributed by atoms with Gasteiger partial charge < -0.3 is 25.0 Å². The fourth-order valence-electron chi connectivity index (χ4n) is 4.62. The van der Waals surface area contributed by atoms with Crippen LogP contribution in [0.4, 0.5) is 5.69 Å². The molecule has 1 unspecified atom stereocenters. The molecule has 1 saturated carbocycles. The summed E-state index contributed by atoms with van der Waals surface area (Å²) in [5.74, 6) is 1.55. The molecule has 8 nitrogen and oxygen atoms in total. The minimum absolute atomic E-state index is 0.0926. The summed E-state index contributed by atoms with van der Waals surface area (Å²) >= 11 is 0. The monoisotopic (exact) mass is 420 g/mol. The number of aliphatic hydroxyl groups excluding tert-OH is 1. The lowest BCUT2D eigenvalue weighted by Crippen LogP contribution is -2.42. The Morgan fingerprint density at radius 2 is 2.03 bits per heavy atom. The molecule has 2 aliphatic heterocycles. The summed E-state index contributed by atoms with van der Waals surface area (Å²) in [6.45, 7) is 6.30. The number of rotatable bonds is 5. The van der Waals surface area contributed by atoms with Crippen molar-refractivity contribution in [3.05, 3.63) is 41.7 Å². The summed E-state index contributed by atoms with van der Waals surface area (Å²) < 4.78 is 5.99.